The molecule has 3 aromatic rings. The Kier molecular flexibility index (Phi) is 4.50. The summed E-state index contributed by atoms with van der Waals surface area (Å²) in [5.41, 5.74) is 5.46. The summed E-state index contributed by atoms with van der Waals surface area (Å²) in [6, 6.07) is 11.9. The topological polar surface area (TPSA) is 59.3 Å². The van der Waals surface area contributed by atoms with Crippen molar-refractivity contribution >= 4 is 23.2 Å². The fourth-order valence-electron chi connectivity index (χ4n) is 3.32. The lowest BCUT2D eigenvalue weighted by molar-refractivity contribution is -0.225. The van der Waals surface area contributed by atoms with Gasteiger partial charge in [-0.1, -0.05) is 59.1 Å². The number of hydroxylamine groups is 1. The molecule has 0 aliphatic carbocycles. The molecule has 3 atom stereocenters. The van der Waals surface area contributed by atoms with Crippen LogP contribution in [0.15, 0.2) is 61.2 Å². The third kappa shape index (κ3) is 2.92. The molecule has 0 amide bonds. The van der Waals surface area contributed by atoms with Crippen molar-refractivity contribution in [1.29, 1.82) is 0 Å². The normalized spacial score (nSPS) is 25.5. The molecule has 7 heteroatoms. The van der Waals surface area contributed by atoms with E-state index in [1.54, 1.807) is 30.9 Å². The number of hydrogen-bond acceptors (Lipinski definition) is 4. The summed E-state index contributed by atoms with van der Waals surface area (Å²) in [7, 11) is 0. The number of aryl methyl sites for hydroxylation is 1. The largest absolute Gasteiger partial charge is 0.359 e. The van der Waals surface area contributed by atoms with E-state index in [2.05, 4.69) is 10.5 Å². The Hall–Kier alpha value is -1.89. The predicted molar refractivity (Wildman–Crippen MR) is 99.8 cm³/mol. The molecule has 1 aliphatic heterocycles. The van der Waals surface area contributed by atoms with Gasteiger partial charge < -0.3 is 9.67 Å². The van der Waals surface area contributed by atoms with Crippen molar-refractivity contribution in [2.75, 3.05) is 0 Å². The monoisotopic (exact) mass is 389 g/mol. The van der Waals surface area contributed by atoms with Crippen molar-refractivity contribution in [3.63, 3.8) is 0 Å². The number of rotatable bonds is 3. The number of halogens is 2. The van der Waals surface area contributed by atoms with Gasteiger partial charge in [-0.3, -0.25) is 4.84 Å². The average Bonchev–Trinajstić information content (AvgIpc) is 3.24. The Morgan fingerprint density at radius 1 is 1.19 bits per heavy atom. The van der Waals surface area contributed by atoms with Crippen molar-refractivity contribution in [3.05, 3.63) is 87.9 Å². The van der Waals surface area contributed by atoms with E-state index in [9.17, 15) is 5.11 Å². The minimum atomic E-state index is -1.60. The van der Waals surface area contributed by atoms with Crippen LogP contribution in [0.5, 0.6) is 0 Å². The first-order valence-corrected chi connectivity index (χ1v) is 8.90. The summed E-state index contributed by atoms with van der Waals surface area (Å²) >= 11 is 12.4. The van der Waals surface area contributed by atoms with Crippen molar-refractivity contribution in [2.45, 2.75) is 24.8 Å². The zero-order valence-corrected chi connectivity index (χ0v) is 15.4. The minimum absolute atomic E-state index is 0.403. The predicted octanol–water partition coefficient (Wildman–Crippen LogP) is 4.16. The number of nitrogens with one attached hydrogen (secondary N) is 1. The molecule has 26 heavy (non-hydrogen) atoms. The number of nitrogens with zero attached hydrogens (tertiary/aromatic N) is 2. The molecule has 1 aromatic heterocycles. The van der Waals surface area contributed by atoms with Crippen LogP contribution in [0.4, 0.5) is 0 Å². The number of aliphatic hydroxyl groups is 1. The standard InChI is InChI=1S/C19H17Cl2N3O2/c1-12-2-4-13(5-3-12)19(25)18(24-9-8-22-11-24)17(23-26-19)15-7-6-14(20)10-16(15)21/h2-11,17-18,23,25H,1H3. The number of imidazole rings is 1. The molecule has 2 aromatic carbocycles. The Morgan fingerprint density at radius 3 is 2.62 bits per heavy atom. The first kappa shape index (κ1) is 17.5. The summed E-state index contributed by atoms with van der Waals surface area (Å²) in [5, 5.41) is 12.5. The zero-order valence-electron chi connectivity index (χ0n) is 13.9. The molecule has 1 saturated heterocycles. The maximum Gasteiger partial charge on any atom is 0.234 e. The van der Waals surface area contributed by atoms with Gasteiger partial charge in [0.15, 0.2) is 0 Å². The summed E-state index contributed by atoms with van der Waals surface area (Å²) in [6.45, 7) is 1.99. The molecule has 0 spiro atoms. The smallest absolute Gasteiger partial charge is 0.234 e. The van der Waals surface area contributed by atoms with Crippen LogP contribution in [0.2, 0.25) is 10.0 Å². The van der Waals surface area contributed by atoms with Gasteiger partial charge in [0.1, 0.15) is 6.04 Å². The molecule has 134 valence electrons. The van der Waals surface area contributed by atoms with E-state index in [4.69, 9.17) is 28.0 Å². The maximum atomic E-state index is 11.5. The van der Waals surface area contributed by atoms with Crippen molar-refractivity contribution in [1.82, 2.24) is 15.0 Å². The lowest BCUT2D eigenvalue weighted by atomic mass is 9.89. The third-order valence-electron chi connectivity index (χ3n) is 4.67. The number of benzene rings is 2. The van der Waals surface area contributed by atoms with Gasteiger partial charge in [-0.25, -0.2) is 4.98 Å². The molecule has 3 unspecified atom stereocenters. The quantitative estimate of drug-likeness (QED) is 0.705. The Morgan fingerprint density at radius 2 is 1.96 bits per heavy atom. The van der Waals surface area contributed by atoms with Gasteiger partial charge in [0.2, 0.25) is 5.79 Å². The van der Waals surface area contributed by atoms with Gasteiger partial charge in [-0.2, -0.15) is 5.48 Å². The van der Waals surface area contributed by atoms with Gasteiger partial charge in [-0.05, 0) is 24.6 Å². The van der Waals surface area contributed by atoms with E-state index in [-0.39, 0.29) is 0 Å². The first-order valence-electron chi connectivity index (χ1n) is 8.14. The Labute approximate surface area is 161 Å². The molecule has 2 N–H and O–H groups in total. The molecule has 4 rings (SSSR count). The van der Waals surface area contributed by atoms with E-state index in [0.717, 1.165) is 11.1 Å². The van der Waals surface area contributed by atoms with Crippen LogP contribution in [0.25, 0.3) is 0 Å². The van der Waals surface area contributed by atoms with E-state index < -0.39 is 17.9 Å². The highest BCUT2D eigenvalue weighted by Gasteiger charge is 2.52. The van der Waals surface area contributed by atoms with Gasteiger partial charge in [0.25, 0.3) is 0 Å². The van der Waals surface area contributed by atoms with E-state index in [1.165, 1.54) is 0 Å². The van der Waals surface area contributed by atoms with Crippen molar-refractivity contribution in [3.8, 4) is 0 Å². The van der Waals surface area contributed by atoms with Crippen LogP contribution in [0.1, 0.15) is 28.8 Å². The van der Waals surface area contributed by atoms with E-state index in [0.29, 0.717) is 15.6 Å². The highest BCUT2D eigenvalue weighted by Crippen LogP contribution is 2.48. The molecule has 0 bridgehead atoms. The second-order valence-electron chi connectivity index (χ2n) is 6.38. The van der Waals surface area contributed by atoms with Crippen LogP contribution in [0.3, 0.4) is 0 Å². The van der Waals surface area contributed by atoms with E-state index >= 15 is 0 Å². The second-order valence-corrected chi connectivity index (χ2v) is 7.22. The molecule has 2 heterocycles. The minimum Gasteiger partial charge on any atom is -0.359 e. The molecule has 5 nitrogen and oxygen atoms in total. The van der Waals surface area contributed by atoms with Crippen LogP contribution in [0, 0.1) is 6.92 Å². The lowest BCUT2D eigenvalue weighted by Crippen LogP contribution is -2.35. The second kappa shape index (κ2) is 6.68. The molecular formula is C19H17Cl2N3O2. The van der Waals surface area contributed by atoms with Crippen molar-refractivity contribution < 1.29 is 9.94 Å². The summed E-state index contributed by atoms with van der Waals surface area (Å²) in [6.07, 6.45) is 5.10. The highest BCUT2D eigenvalue weighted by atomic mass is 35.5. The van der Waals surface area contributed by atoms with Gasteiger partial charge >= 0.3 is 0 Å². The Bertz CT molecular complexity index is 915. The van der Waals surface area contributed by atoms with Crippen LogP contribution in [-0.2, 0) is 10.6 Å². The summed E-state index contributed by atoms with van der Waals surface area (Å²) < 4.78 is 1.81. The van der Waals surface area contributed by atoms with Crippen LogP contribution >= 0.6 is 23.2 Å². The zero-order chi connectivity index (χ0) is 18.3. The van der Waals surface area contributed by atoms with Crippen LogP contribution < -0.4 is 5.48 Å². The van der Waals surface area contributed by atoms with E-state index in [1.807, 2.05) is 41.8 Å². The summed E-state index contributed by atoms with van der Waals surface area (Å²) in [5.74, 6) is -1.60. The fraction of sp³-hybridized carbons (Fsp3) is 0.211. The SMILES string of the molecule is Cc1ccc(C2(O)ONC(c3ccc(Cl)cc3Cl)C2n2ccnc2)cc1. The lowest BCUT2D eigenvalue weighted by Gasteiger charge is -2.30. The van der Waals surface area contributed by atoms with Crippen molar-refractivity contribution in [2.24, 2.45) is 0 Å². The first-order chi connectivity index (χ1) is 12.5. The molecule has 1 aliphatic rings. The van der Waals surface area contributed by atoms with Gasteiger partial charge in [-0.15, -0.1) is 0 Å². The maximum absolute atomic E-state index is 11.5. The third-order valence-corrected chi connectivity index (χ3v) is 5.23. The highest BCUT2D eigenvalue weighted by molar-refractivity contribution is 6.35. The van der Waals surface area contributed by atoms with Gasteiger partial charge in [0, 0.05) is 28.0 Å². The number of aromatic nitrogens is 2. The molecule has 0 radical (unpaired) electrons. The number of hydrogen-bond donors (Lipinski definition) is 2. The molecule has 0 saturated carbocycles. The Balaban J connectivity index is 1.83. The summed E-state index contributed by atoms with van der Waals surface area (Å²) in [4.78, 5) is 9.84. The van der Waals surface area contributed by atoms with Crippen LogP contribution in [-0.4, -0.2) is 14.7 Å². The van der Waals surface area contributed by atoms with Gasteiger partial charge in [0.05, 0.1) is 12.4 Å². The molecular weight excluding hydrogens is 373 g/mol. The average molecular weight is 390 g/mol. The molecule has 1 fully saturated rings. The fourth-order valence-corrected chi connectivity index (χ4v) is 3.85.